The highest BCUT2D eigenvalue weighted by Gasteiger charge is 2.23. The fraction of sp³-hybridized carbons (Fsp3) is 0.280. The Labute approximate surface area is 192 Å². The number of ether oxygens (including phenoxy) is 3. The molecule has 1 aromatic carbocycles. The molecule has 8 nitrogen and oxygen atoms in total. The molecule has 8 heteroatoms. The second kappa shape index (κ2) is 9.79. The number of nitrogens with zero attached hydrogens (tertiary/aromatic N) is 4. The Morgan fingerprint density at radius 1 is 1.09 bits per heavy atom. The van der Waals surface area contributed by atoms with Crippen LogP contribution in [0.1, 0.15) is 12.8 Å². The Morgan fingerprint density at radius 2 is 2.00 bits per heavy atom. The fourth-order valence-electron chi connectivity index (χ4n) is 3.93. The molecule has 2 aliphatic heterocycles. The molecule has 2 aromatic rings. The molecule has 1 aliphatic carbocycles. The lowest BCUT2D eigenvalue weighted by atomic mass is 10.0. The van der Waals surface area contributed by atoms with Gasteiger partial charge in [-0.2, -0.15) is 0 Å². The molecule has 1 N–H and O–H groups in total. The van der Waals surface area contributed by atoms with Gasteiger partial charge in [0, 0.05) is 31.3 Å². The highest BCUT2D eigenvalue weighted by Crippen LogP contribution is 2.30. The summed E-state index contributed by atoms with van der Waals surface area (Å²) in [5, 5.41) is 10.0. The molecule has 0 spiro atoms. The second-order valence-corrected chi connectivity index (χ2v) is 7.92. The van der Waals surface area contributed by atoms with E-state index in [1.807, 2.05) is 17.0 Å². The van der Waals surface area contributed by atoms with E-state index in [2.05, 4.69) is 23.1 Å². The summed E-state index contributed by atoms with van der Waals surface area (Å²) >= 11 is 0. The molecule has 3 aliphatic rings. The highest BCUT2D eigenvalue weighted by atomic mass is 16.5. The van der Waals surface area contributed by atoms with Gasteiger partial charge in [-0.05, 0) is 25.0 Å². The van der Waals surface area contributed by atoms with Gasteiger partial charge >= 0.3 is 0 Å². The van der Waals surface area contributed by atoms with Crippen molar-refractivity contribution in [1.29, 1.82) is 0 Å². The Balaban J connectivity index is 1.59. The summed E-state index contributed by atoms with van der Waals surface area (Å²) in [4.78, 5) is 13.9. The van der Waals surface area contributed by atoms with E-state index in [0.29, 0.717) is 37.3 Å². The van der Waals surface area contributed by atoms with Crippen LogP contribution >= 0.6 is 0 Å². The van der Waals surface area contributed by atoms with Gasteiger partial charge in [-0.1, -0.05) is 35.9 Å². The molecule has 33 heavy (non-hydrogen) atoms. The number of hydrogen-bond acceptors (Lipinski definition) is 8. The van der Waals surface area contributed by atoms with Crippen LogP contribution in [0.5, 0.6) is 5.75 Å². The Kier molecular flexibility index (Phi) is 6.25. The Bertz CT molecular complexity index is 1120. The van der Waals surface area contributed by atoms with Crippen molar-refractivity contribution in [2.75, 3.05) is 42.6 Å². The largest absolute Gasteiger partial charge is 0.508 e. The fourth-order valence-corrected chi connectivity index (χ4v) is 3.93. The summed E-state index contributed by atoms with van der Waals surface area (Å²) in [6, 6.07) is 8.96. The number of phenolic OH excluding ortho intramolecular Hbond substituents is 1. The van der Waals surface area contributed by atoms with Crippen LogP contribution in [-0.2, 0) is 14.2 Å². The minimum atomic E-state index is 0.169. The third-order valence-corrected chi connectivity index (χ3v) is 5.63. The zero-order valence-electron chi connectivity index (χ0n) is 18.3. The van der Waals surface area contributed by atoms with E-state index in [-0.39, 0.29) is 5.75 Å². The first-order valence-electron chi connectivity index (χ1n) is 11.1. The number of rotatable bonds is 6. The molecule has 0 radical (unpaired) electrons. The maximum absolute atomic E-state index is 10.0. The molecule has 0 saturated carbocycles. The zero-order valence-corrected chi connectivity index (χ0v) is 18.3. The van der Waals surface area contributed by atoms with Gasteiger partial charge in [0.25, 0.3) is 0 Å². The molecule has 0 atom stereocenters. The summed E-state index contributed by atoms with van der Waals surface area (Å²) in [7, 11) is 0. The van der Waals surface area contributed by atoms with Crippen molar-refractivity contribution in [2.24, 2.45) is 0 Å². The number of aromatic hydroxyl groups is 1. The van der Waals surface area contributed by atoms with Crippen molar-refractivity contribution in [3.8, 4) is 17.1 Å². The number of morpholine rings is 1. The van der Waals surface area contributed by atoms with Crippen LogP contribution in [0.3, 0.4) is 0 Å². The van der Waals surface area contributed by atoms with Gasteiger partial charge in [0.15, 0.2) is 12.1 Å². The smallest absolute Gasteiger partial charge is 0.236 e. The number of hydrogen-bond donors (Lipinski definition) is 1. The van der Waals surface area contributed by atoms with Crippen LogP contribution in [0.2, 0.25) is 0 Å². The maximum atomic E-state index is 10.0. The number of benzene rings is 1. The lowest BCUT2D eigenvalue weighted by molar-refractivity contribution is 0.122. The topological polar surface area (TPSA) is 80.2 Å². The van der Waals surface area contributed by atoms with Gasteiger partial charge in [0.2, 0.25) is 5.88 Å². The van der Waals surface area contributed by atoms with E-state index in [1.165, 1.54) is 18.1 Å². The molecule has 1 fully saturated rings. The maximum Gasteiger partial charge on any atom is 0.236 e. The van der Waals surface area contributed by atoms with Crippen molar-refractivity contribution in [1.82, 2.24) is 9.97 Å². The van der Waals surface area contributed by atoms with Crippen LogP contribution in [0.4, 0.5) is 11.6 Å². The monoisotopic (exact) mass is 446 g/mol. The molecule has 1 saturated heterocycles. The molecule has 1 aromatic heterocycles. The van der Waals surface area contributed by atoms with E-state index in [9.17, 15) is 5.11 Å². The lowest BCUT2D eigenvalue weighted by Gasteiger charge is -2.31. The van der Waals surface area contributed by atoms with E-state index < -0.39 is 0 Å². The van der Waals surface area contributed by atoms with Gasteiger partial charge in [-0.15, -0.1) is 0 Å². The van der Waals surface area contributed by atoms with E-state index in [4.69, 9.17) is 24.2 Å². The summed E-state index contributed by atoms with van der Waals surface area (Å²) < 4.78 is 16.7. The molecular weight excluding hydrogens is 420 g/mol. The predicted octanol–water partition coefficient (Wildman–Crippen LogP) is 4.09. The van der Waals surface area contributed by atoms with Crippen molar-refractivity contribution in [3.63, 3.8) is 0 Å². The standard InChI is InChI=1S/C25H26N4O4/c30-21-8-4-7-20(15-21)25-26-22(28-9-11-31-12-10-28)16-23(27-25)29(24-18-32-13-14-33-24)17-19-5-2-1-3-6-19/h1-2,4-5,7-8,13-16,18,30H,3,6,9-12,17H2. The first-order chi connectivity index (χ1) is 16.3. The van der Waals surface area contributed by atoms with Gasteiger partial charge in [0.05, 0.1) is 13.2 Å². The SMILES string of the molecule is Oc1cccc(-c2nc(N3CCOCC3)cc(N(CC3=CC=CCC3)C3=COC=CO3)n2)c1. The molecule has 0 unspecified atom stereocenters. The molecule has 0 bridgehead atoms. The van der Waals surface area contributed by atoms with E-state index in [0.717, 1.165) is 37.3 Å². The third kappa shape index (κ3) is 5.01. The van der Waals surface area contributed by atoms with E-state index >= 15 is 0 Å². The molecule has 170 valence electrons. The van der Waals surface area contributed by atoms with Crippen LogP contribution < -0.4 is 9.80 Å². The first-order valence-corrected chi connectivity index (χ1v) is 11.1. The quantitative estimate of drug-likeness (QED) is 0.711. The lowest BCUT2D eigenvalue weighted by Crippen LogP contribution is -2.37. The van der Waals surface area contributed by atoms with E-state index in [1.54, 1.807) is 24.5 Å². The zero-order chi connectivity index (χ0) is 22.5. The number of phenols is 1. The van der Waals surface area contributed by atoms with Gasteiger partial charge in [0.1, 0.15) is 29.9 Å². The number of anilines is 2. The molecular formula is C25H26N4O4. The number of allylic oxidation sites excluding steroid dienone is 3. The summed E-state index contributed by atoms with van der Waals surface area (Å²) in [5.74, 6) is 2.73. The van der Waals surface area contributed by atoms with Crippen LogP contribution in [0.25, 0.3) is 11.4 Å². The molecule has 5 rings (SSSR count). The minimum absolute atomic E-state index is 0.169. The van der Waals surface area contributed by atoms with Crippen molar-refractivity contribution >= 4 is 11.6 Å². The summed E-state index contributed by atoms with van der Waals surface area (Å²) in [6.07, 6.45) is 12.9. The van der Waals surface area contributed by atoms with Gasteiger partial charge in [-0.3, -0.25) is 4.90 Å². The van der Waals surface area contributed by atoms with Crippen LogP contribution in [0, 0.1) is 0 Å². The van der Waals surface area contributed by atoms with Crippen molar-refractivity contribution in [3.05, 3.63) is 78.8 Å². The first kappa shape index (κ1) is 21.1. The van der Waals surface area contributed by atoms with Crippen LogP contribution in [-0.4, -0.2) is 47.9 Å². The summed E-state index contributed by atoms with van der Waals surface area (Å²) in [5.41, 5.74) is 2.00. The molecule has 0 amide bonds. The minimum Gasteiger partial charge on any atom is -0.508 e. The van der Waals surface area contributed by atoms with Crippen LogP contribution in [0.15, 0.2) is 78.8 Å². The Morgan fingerprint density at radius 3 is 2.76 bits per heavy atom. The van der Waals surface area contributed by atoms with Crippen molar-refractivity contribution in [2.45, 2.75) is 12.8 Å². The number of aromatic nitrogens is 2. The van der Waals surface area contributed by atoms with Gasteiger partial charge < -0.3 is 24.2 Å². The van der Waals surface area contributed by atoms with Crippen molar-refractivity contribution < 1.29 is 19.3 Å². The Hall–Kier alpha value is -3.78. The third-order valence-electron chi connectivity index (χ3n) is 5.63. The molecule has 3 heterocycles. The average Bonchev–Trinajstić information content (AvgIpc) is 2.89. The highest BCUT2D eigenvalue weighted by molar-refractivity contribution is 5.65. The van der Waals surface area contributed by atoms with Gasteiger partial charge in [-0.25, -0.2) is 9.97 Å². The second-order valence-electron chi connectivity index (χ2n) is 7.92. The normalized spacial score (nSPS) is 17.6. The predicted molar refractivity (Wildman–Crippen MR) is 125 cm³/mol. The summed E-state index contributed by atoms with van der Waals surface area (Å²) in [6.45, 7) is 3.40. The average molecular weight is 447 g/mol.